The van der Waals surface area contributed by atoms with Crippen LogP contribution in [0.2, 0.25) is 0 Å². The molecule has 0 fully saturated rings. The molecule has 6 heteroatoms. The summed E-state index contributed by atoms with van der Waals surface area (Å²) in [4.78, 5) is 14.4. The second kappa shape index (κ2) is 5.43. The highest BCUT2D eigenvalue weighted by Crippen LogP contribution is 2.16. The third-order valence-electron chi connectivity index (χ3n) is 2.00. The number of hydrogen-bond acceptors (Lipinski definition) is 5. The largest absolute Gasteiger partial charge is 0.506 e. The highest BCUT2D eigenvalue weighted by molar-refractivity contribution is 5.72. The molecule has 1 aromatic heterocycles. The van der Waals surface area contributed by atoms with Crippen LogP contribution >= 0.6 is 0 Å². The van der Waals surface area contributed by atoms with Gasteiger partial charge in [0.2, 0.25) is 5.91 Å². The maximum atomic E-state index is 10.6. The van der Waals surface area contributed by atoms with E-state index in [9.17, 15) is 15.0 Å². The molecular formula is C10H14N2O4. The minimum atomic E-state index is -1.20. The molecule has 0 aliphatic heterocycles. The first-order valence-electron chi connectivity index (χ1n) is 4.76. The van der Waals surface area contributed by atoms with Crippen molar-refractivity contribution in [1.82, 2.24) is 10.3 Å². The summed E-state index contributed by atoms with van der Waals surface area (Å²) in [6.07, 6.45) is -1.17. The fraction of sp³-hybridized carbons (Fsp3) is 0.400. The zero-order chi connectivity index (χ0) is 12.1. The van der Waals surface area contributed by atoms with E-state index in [0.717, 1.165) is 0 Å². The fourth-order valence-electron chi connectivity index (χ4n) is 1.13. The van der Waals surface area contributed by atoms with Gasteiger partial charge in [-0.1, -0.05) is 0 Å². The molecule has 0 saturated heterocycles. The Balaban J connectivity index is 2.59. The van der Waals surface area contributed by atoms with Crippen LogP contribution in [0.15, 0.2) is 18.3 Å². The molecule has 0 bridgehead atoms. The van der Waals surface area contributed by atoms with Crippen molar-refractivity contribution in [3.05, 3.63) is 24.0 Å². The monoisotopic (exact) mass is 226 g/mol. The van der Waals surface area contributed by atoms with Crippen molar-refractivity contribution < 1.29 is 20.1 Å². The topological polar surface area (TPSA) is 103 Å². The quantitative estimate of drug-likeness (QED) is 0.544. The molecular weight excluding hydrogens is 212 g/mol. The van der Waals surface area contributed by atoms with Crippen molar-refractivity contribution in [2.45, 2.75) is 19.1 Å². The van der Waals surface area contributed by atoms with Crippen LogP contribution in [0.1, 0.15) is 18.7 Å². The molecule has 1 heterocycles. The molecule has 1 rings (SSSR count). The Morgan fingerprint density at radius 3 is 2.69 bits per heavy atom. The highest BCUT2D eigenvalue weighted by atomic mass is 16.3. The summed E-state index contributed by atoms with van der Waals surface area (Å²) in [5.74, 6) is -0.308. The first kappa shape index (κ1) is 12.4. The van der Waals surface area contributed by atoms with E-state index < -0.39 is 12.2 Å². The number of aliphatic hydroxyl groups is 2. The van der Waals surface area contributed by atoms with Gasteiger partial charge < -0.3 is 20.6 Å². The summed E-state index contributed by atoms with van der Waals surface area (Å²) in [6.45, 7) is 1.26. The van der Waals surface area contributed by atoms with Gasteiger partial charge in [-0.3, -0.25) is 9.78 Å². The lowest BCUT2D eigenvalue weighted by Gasteiger charge is -2.17. The van der Waals surface area contributed by atoms with E-state index in [1.165, 1.54) is 25.3 Å². The molecule has 0 aliphatic carbocycles. The highest BCUT2D eigenvalue weighted by Gasteiger charge is 2.19. The van der Waals surface area contributed by atoms with Gasteiger partial charge in [-0.25, -0.2) is 0 Å². The molecule has 88 valence electrons. The lowest BCUT2D eigenvalue weighted by atomic mass is 10.1. The minimum Gasteiger partial charge on any atom is -0.506 e. The van der Waals surface area contributed by atoms with Crippen molar-refractivity contribution in [2.75, 3.05) is 6.54 Å². The molecule has 0 radical (unpaired) electrons. The lowest BCUT2D eigenvalue weighted by molar-refractivity contribution is -0.119. The molecule has 4 N–H and O–H groups in total. The summed E-state index contributed by atoms with van der Waals surface area (Å²) in [5.41, 5.74) is 0.232. The van der Waals surface area contributed by atoms with Crippen LogP contribution < -0.4 is 5.32 Å². The maximum absolute atomic E-state index is 10.6. The second-order valence-corrected chi connectivity index (χ2v) is 3.39. The van der Waals surface area contributed by atoms with Crippen molar-refractivity contribution in [3.8, 4) is 5.75 Å². The van der Waals surface area contributed by atoms with Gasteiger partial charge in [-0.2, -0.15) is 0 Å². The van der Waals surface area contributed by atoms with Crippen molar-refractivity contribution in [2.24, 2.45) is 0 Å². The summed E-state index contributed by atoms with van der Waals surface area (Å²) in [5, 5.41) is 30.5. The van der Waals surface area contributed by atoms with E-state index in [1.54, 1.807) is 0 Å². The van der Waals surface area contributed by atoms with Gasteiger partial charge in [-0.15, -0.1) is 0 Å². The van der Waals surface area contributed by atoms with E-state index in [1.807, 2.05) is 0 Å². The molecule has 0 aromatic carbocycles. The van der Waals surface area contributed by atoms with E-state index in [4.69, 9.17) is 5.11 Å². The van der Waals surface area contributed by atoms with Gasteiger partial charge in [0.25, 0.3) is 0 Å². The van der Waals surface area contributed by atoms with Gasteiger partial charge in [0, 0.05) is 13.5 Å². The smallest absolute Gasteiger partial charge is 0.216 e. The third kappa shape index (κ3) is 3.48. The van der Waals surface area contributed by atoms with Gasteiger partial charge in [-0.05, 0) is 12.1 Å². The Hall–Kier alpha value is -1.66. The first-order valence-corrected chi connectivity index (χ1v) is 4.76. The fourth-order valence-corrected chi connectivity index (χ4v) is 1.13. The van der Waals surface area contributed by atoms with Crippen LogP contribution in [0.5, 0.6) is 5.75 Å². The van der Waals surface area contributed by atoms with Crippen molar-refractivity contribution in [3.63, 3.8) is 0 Å². The van der Waals surface area contributed by atoms with Gasteiger partial charge in [0.15, 0.2) is 0 Å². The van der Waals surface area contributed by atoms with Crippen LogP contribution in [0.4, 0.5) is 0 Å². The summed E-state index contributed by atoms with van der Waals surface area (Å²) >= 11 is 0. The summed E-state index contributed by atoms with van der Waals surface area (Å²) in [6, 6.07) is 2.76. The Morgan fingerprint density at radius 2 is 2.19 bits per heavy atom. The molecule has 1 aromatic rings. The summed E-state index contributed by atoms with van der Waals surface area (Å²) < 4.78 is 0. The Morgan fingerprint density at radius 1 is 1.50 bits per heavy atom. The Kier molecular flexibility index (Phi) is 4.21. The zero-order valence-corrected chi connectivity index (χ0v) is 8.79. The van der Waals surface area contributed by atoms with Gasteiger partial charge in [0.05, 0.1) is 11.9 Å². The van der Waals surface area contributed by atoms with E-state index in [-0.39, 0.29) is 23.9 Å². The molecule has 1 amide bonds. The van der Waals surface area contributed by atoms with Crippen molar-refractivity contribution >= 4 is 5.91 Å². The number of aromatic hydroxyl groups is 1. The van der Waals surface area contributed by atoms with Crippen LogP contribution in [-0.4, -0.2) is 38.9 Å². The van der Waals surface area contributed by atoms with Crippen LogP contribution in [0, 0.1) is 0 Å². The number of nitrogens with one attached hydrogen (secondary N) is 1. The lowest BCUT2D eigenvalue weighted by Crippen LogP contribution is -2.34. The number of aromatic nitrogens is 1. The summed E-state index contributed by atoms with van der Waals surface area (Å²) in [7, 11) is 0. The Labute approximate surface area is 92.6 Å². The number of nitrogens with zero attached hydrogens (tertiary/aromatic N) is 1. The van der Waals surface area contributed by atoms with Crippen LogP contribution in [0.3, 0.4) is 0 Å². The predicted molar refractivity (Wildman–Crippen MR) is 55.6 cm³/mol. The number of hydrogen-bond donors (Lipinski definition) is 4. The van der Waals surface area contributed by atoms with Crippen molar-refractivity contribution in [1.29, 1.82) is 0 Å². The van der Waals surface area contributed by atoms with Gasteiger partial charge in [0.1, 0.15) is 18.0 Å². The molecule has 0 spiro atoms. The number of carbonyl (C=O) groups excluding carboxylic acids is 1. The molecule has 2 unspecified atom stereocenters. The third-order valence-corrected chi connectivity index (χ3v) is 2.00. The van der Waals surface area contributed by atoms with Gasteiger partial charge >= 0.3 is 0 Å². The number of aliphatic hydroxyl groups excluding tert-OH is 2. The molecule has 16 heavy (non-hydrogen) atoms. The minimum absolute atomic E-state index is 0.0210. The number of amides is 1. The normalized spacial score (nSPS) is 14.2. The number of carbonyl (C=O) groups is 1. The predicted octanol–water partition coefficient (Wildman–Crippen LogP) is -0.682. The average molecular weight is 226 g/mol. The number of rotatable bonds is 4. The standard InChI is InChI=1S/C10H14N2O4/c1-6(13)11-5-9(15)10(16)8-3-2-7(14)4-12-8/h2-4,9-10,14-16H,5H2,1H3,(H,11,13). The zero-order valence-electron chi connectivity index (χ0n) is 8.79. The van der Waals surface area contributed by atoms with E-state index in [0.29, 0.717) is 0 Å². The number of pyridine rings is 1. The van der Waals surface area contributed by atoms with E-state index >= 15 is 0 Å². The molecule has 6 nitrogen and oxygen atoms in total. The SMILES string of the molecule is CC(=O)NCC(O)C(O)c1ccc(O)cn1. The first-order chi connectivity index (χ1) is 7.50. The van der Waals surface area contributed by atoms with Crippen LogP contribution in [-0.2, 0) is 4.79 Å². The Bertz CT molecular complexity index is 352. The molecule has 0 aliphatic rings. The van der Waals surface area contributed by atoms with E-state index in [2.05, 4.69) is 10.3 Å². The maximum Gasteiger partial charge on any atom is 0.216 e. The van der Waals surface area contributed by atoms with Crippen LogP contribution in [0.25, 0.3) is 0 Å². The second-order valence-electron chi connectivity index (χ2n) is 3.39. The average Bonchev–Trinajstić information content (AvgIpc) is 2.26. The molecule has 0 saturated carbocycles. The molecule has 2 atom stereocenters.